The molecule has 0 unspecified atom stereocenters. The third-order valence-electron chi connectivity index (χ3n) is 5.22. The van der Waals surface area contributed by atoms with Crippen molar-refractivity contribution in [2.75, 3.05) is 13.2 Å². The van der Waals surface area contributed by atoms with E-state index < -0.39 is 98.0 Å². The SMILES string of the molecule is CC(=O)N[C@H]1[C@H]([C@H](O)[C@H](O)CO)O[C@](O)(C(=O)O[C@@H]([C@H](O)[C@H](O)CO)[C@H](C=O)NC(C)=O)C[C@@H]1O. The van der Waals surface area contributed by atoms with Crippen molar-refractivity contribution in [3.8, 4) is 0 Å². The predicted molar refractivity (Wildman–Crippen MR) is 110 cm³/mol. The Balaban J connectivity index is 3.31. The van der Waals surface area contributed by atoms with E-state index in [1.807, 2.05) is 5.32 Å². The maximum absolute atomic E-state index is 12.9. The summed E-state index contributed by atoms with van der Waals surface area (Å²) in [5.41, 5.74) is 0. The van der Waals surface area contributed by atoms with Crippen LogP contribution in [0.1, 0.15) is 20.3 Å². The molecule has 0 saturated carbocycles. The van der Waals surface area contributed by atoms with Crippen LogP contribution in [-0.2, 0) is 28.7 Å². The molecular formula is C19H32N2O14. The molecule has 16 heteroatoms. The van der Waals surface area contributed by atoms with Gasteiger partial charge in [0.1, 0.15) is 42.8 Å². The summed E-state index contributed by atoms with van der Waals surface area (Å²) in [6.45, 7) is -0.0172. The lowest BCUT2D eigenvalue weighted by Gasteiger charge is -2.45. The van der Waals surface area contributed by atoms with Gasteiger partial charge in [-0.2, -0.15) is 0 Å². The van der Waals surface area contributed by atoms with Crippen LogP contribution in [0.15, 0.2) is 0 Å². The fourth-order valence-electron chi connectivity index (χ4n) is 3.46. The number of carbonyl (C=O) groups excluding carboxylic acids is 4. The number of aldehydes is 1. The molecule has 0 aliphatic carbocycles. The van der Waals surface area contributed by atoms with Crippen molar-refractivity contribution in [1.82, 2.24) is 10.6 Å². The van der Waals surface area contributed by atoms with Gasteiger partial charge in [-0.1, -0.05) is 0 Å². The third-order valence-corrected chi connectivity index (χ3v) is 5.22. The Kier molecular flexibility index (Phi) is 11.5. The highest BCUT2D eigenvalue weighted by atomic mass is 16.7. The summed E-state index contributed by atoms with van der Waals surface area (Å²) in [6, 6.07) is -3.24. The van der Waals surface area contributed by atoms with Crippen LogP contribution >= 0.6 is 0 Å². The monoisotopic (exact) mass is 512 g/mol. The number of esters is 1. The van der Waals surface area contributed by atoms with Gasteiger partial charge in [0, 0.05) is 20.3 Å². The van der Waals surface area contributed by atoms with Crippen molar-refractivity contribution in [2.24, 2.45) is 0 Å². The zero-order chi connectivity index (χ0) is 27.1. The Morgan fingerprint density at radius 1 is 1.09 bits per heavy atom. The number of rotatable bonds is 12. The van der Waals surface area contributed by atoms with Crippen LogP contribution in [0.25, 0.3) is 0 Å². The molecule has 1 saturated heterocycles. The molecule has 0 bridgehead atoms. The van der Waals surface area contributed by atoms with Gasteiger partial charge in [0.15, 0.2) is 6.10 Å². The molecule has 16 nitrogen and oxygen atoms in total. The van der Waals surface area contributed by atoms with Gasteiger partial charge in [-0.25, -0.2) is 4.79 Å². The zero-order valence-corrected chi connectivity index (χ0v) is 18.9. The molecular weight excluding hydrogens is 480 g/mol. The Labute approximate surface area is 199 Å². The molecule has 1 rings (SSSR count). The highest BCUT2D eigenvalue weighted by Gasteiger charge is 2.55. The number of amides is 2. The lowest BCUT2D eigenvalue weighted by atomic mass is 9.88. The molecule has 1 heterocycles. The minimum absolute atomic E-state index is 0.0459. The molecule has 0 aromatic heterocycles. The van der Waals surface area contributed by atoms with Crippen molar-refractivity contribution in [2.45, 2.75) is 80.9 Å². The topological polar surface area (TPSA) is 273 Å². The molecule has 10 atom stereocenters. The first-order valence-electron chi connectivity index (χ1n) is 10.4. The maximum atomic E-state index is 12.9. The Morgan fingerprint density at radius 2 is 1.66 bits per heavy atom. The van der Waals surface area contributed by atoms with E-state index in [4.69, 9.17) is 19.7 Å². The van der Waals surface area contributed by atoms with E-state index in [1.165, 1.54) is 0 Å². The summed E-state index contributed by atoms with van der Waals surface area (Å²) >= 11 is 0. The maximum Gasteiger partial charge on any atom is 0.367 e. The standard InChI is InChI=1S/C19H32N2O14/c1-7(25)20-9(4-22)16(14(30)11(28)5-23)34-18(32)19(33)3-10(27)13(21-8(2)26)17(35-19)15(31)12(29)6-24/h4,9-17,23-24,27-31,33H,3,5-6H2,1-2H3,(H,20,25)(H,21,26)/t9-,10-,11+,12+,13+,14+,15+,16+,17+,19-/m0/s1. The van der Waals surface area contributed by atoms with E-state index in [-0.39, 0.29) is 6.29 Å². The van der Waals surface area contributed by atoms with Gasteiger partial charge in [0.05, 0.1) is 25.4 Å². The highest BCUT2D eigenvalue weighted by Crippen LogP contribution is 2.32. The van der Waals surface area contributed by atoms with Crippen molar-refractivity contribution >= 4 is 24.1 Å². The Bertz CT molecular complexity index is 753. The molecule has 0 aromatic carbocycles. The van der Waals surface area contributed by atoms with E-state index in [2.05, 4.69) is 5.32 Å². The van der Waals surface area contributed by atoms with Crippen LogP contribution < -0.4 is 10.6 Å². The van der Waals surface area contributed by atoms with Gasteiger partial charge in [-0.05, 0) is 0 Å². The molecule has 0 radical (unpaired) electrons. The fourth-order valence-corrected chi connectivity index (χ4v) is 3.46. The van der Waals surface area contributed by atoms with Gasteiger partial charge >= 0.3 is 5.97 Å². The first-order chi connectivity index (χ1) is 16.2. The molecule has 35 heavy (non-hydrogen) atoms. The molecule has 10 N–H and O–H groups in total. The normalized spacial score (nSPS) is 29.6. The van der Waals surface area contributed by atoms with Crippen molar-refractivity contribution in [1.29, 1.82) is 0 Å². The number of nitrogens with one attached hydrogen (secondary N) is 2. The molecule has 202 valence electrons. The first-order valence-corrected chi connectivity index (χ1v) is 10.4. The van der Waals surface area contributed by atoms with E-state index in [1.54, 1.807) is 0 Å². The number of aliphatic hydroxyl groups is 8. The summed E-state index contributed by atoms with van der Waals surface area (Å²) < 4.78 is 10.1. The van der Waals surface area contributed by atoms with E-state index in [9.17, 15) is 49.8 Å². The van der Waals surface area contributed by atoms with E-state index in [0.717, 1.165) is 13.8 Å². The smallest absolute Gasteiger partial charge is 0.367 e. The van der Waals surface area contributed by atoms with Crippen LogP contribution in [0.2, 0.25) is 0 Å². The van der Waals surface area contributed by atoms with Crippen LogP contribution in [-0.4, -0.2) is 139 Å². The second-order valence-electron chi connectivity index (χ2n) is 8.08. The Morgan fingerprint density at radius 3 is 2.11 bits per heavy atom. The van der Waals surface area contributed by atoms with Gasteiger partial charge in [0.2, 0.25) is 11.8 Å². The van der Waals surface area contributed by atoms with Crippen LogP contribution in [0, 0.1) is 0 Å². The van der Waals surface area contributed by atoms with Crippen molar-refractivity contribution < 1.29 is 69.5 Å². The predicted octanol–water partition coefficient (Wildman–Crippen LogP) is -6.63. The number of ether oxygens (including phenoxy) is 2. The average molecular weight is 512 g/mol. The Hall–Kier alpha value is -2.28. The zero-order valence-electron chi connectivity index (χ0n) is 18.9. The lowest BCUT2D eigenvalue weighted by Crippen LogP contribution is -2.68. The first kappa shape index (κ1) is 30.8. The number of hydrogen-bond donors (Lipinski definition) is 10. The third kappa shape index (κ3) is 7.86. The summed E-state index contributed by atoms with van der Waals surface area (Å²) in [7, 11) is 0. The molecule has 1 aliphatic rings. The molecule has 2 amide bonds. The number of carbonyl (C=O) groups is 4. The molecule has 1 aliphatic heterocycles. The van der Waals surface area contributed by atoms with Gasteiger partial charge < -0.3 is 65.8 Å². The van der Waals surface area contributed by atoms with Crippen LogP contribution in [0.4, 0.5) is 0 Å². The lowest BCUT2D eigenvalue weighted by molar-refractivity contribution is -0.300. The minimum Gasteiger partial charge on any atom is -0.453 e. The number of aliphatic hydroxyl groups excluding tert-OH is 7. The summed E-state index contributed by atoms with van der Waals surface area (Å²) in [6.07, 6.45) is -14.7. The molecule has 0 aromatic rings. The van der Waals surface area contributed by atoms with Crippen LogP contribution in [0.5, 0.6) is 0 Å². The van der Waals surface area contributed by atoms with E-state index in [0.29, 0.717) is 0 Å². The van der Waals surface area contributed by atoms with Crippen LogP contribution in [0.3, 0.4) is 0 Å². The number of hydrogen-bond acceptors (Lipinski definition) is 14. The quantitative estimate of drug-likeness (QED) is 0.0860. The molecule has 0 spiro atoms. The molecule has 1 fully saturated rings. The second kappa shape index (κ2) is 13.1. The summed E-state index contributed by atoms with van der Waals surface area (Å²) in [5, 5.41) is 83.8. The largest absolute Gasteiger partial charge is 0.453 e. The minimum atomic E-state index is -3.11. The average Bonchev–Trinajstić information content (AvgIpc) is 2.80. The van der Waals surface area contributed by atoms with Gasteiger partial charge in [-0.3, -0.25) is 9.59 Å². The second-order valence-corrected chi connectivity index (χ2v) is 8.08. The van der Waals surface area contributed by atoms with Gasteiger partial charge in [-0.15, -0.1) is 0 Å². The van der Waals surface area contributed by atoms with Gasteiger partial charge in [0.25, 0.3) is 5.79 Å². The summed E-state index contributed by atoms with van der Waals surface area (Å²) in [4.78, 5) is 47.2. The fraction of sp³-hybridized carbons (Fsp3) is 0.789. The highest BCUT2D eigenvalue weighted by molar-refractivity contribution is 5.80. The summed E-state index contributed by atoms with van der Waals surface area (Å²) in [5.74, 6) is -6.40. The van der Waals surface area contributed by atoms with E-state index >= 15 is 0 Å². The van der Waals surface area contributed by atoms with Crippen molar-refractivity contribution in [3.05, 3.63) is 0 Å². The van der Waals surface area contributed by atoms with Crippen molar-refractivity contribution in [3.63, 3.8) is 0 Å².